The molecule has 0 aliphatic carbocycles. The number of cyclic esters (lactones) is 1. The lowest BCUT2D eigenvalue weighted by Crippen LogP contribution is -2.41. The van der Waals surface area contributed by atoms with Gasteiger partial charge >= 0.3 is 5.97 Å². The highest BCUT2D eigenvalue weighted by atomic mass is 28.1. The van der Waals surface area contributed by atoms with E-state index in [0.29, 0.717) is 6.61 Å². The van der Waals surface area contributed by atoms with Crippen LogP contribution in [0.5, 0.6) is 0 Å². The van der Waals surface area contributed by atoms with Gasteiger partial charge in [0, 0.05) is 29.3 Å². The zero-order valence-electron chi connectivity index (χ0n) is 8.90. The summed E-state index contributed by atoms with van der Waals surface area (Å²) < 4.78 is 16.6. The third-order valence-electron chi connectivity index (χ3n) is 3.95. The van der Waals surface area contributed by atoms with Crippen LogP contribution < -0.4 is 0 Å². The van der Waals surface area contributed by atoms with Crippen LogP contribution in [0.2, 0.25) is 0 Å². The van der Waals surface area contributed by atoms with Gasteiger partial charge in [-0.15, -0.1) is 0 Å². The molecule has 15 heavy (non-hydrogen) atoms. The number of rotatable bonds is 2. The monoisotopic (exact) mass is 228 g/mol. The summed E-state index contributed by atoms with van der Waals surface area (Å²) >= 11 is 0. The molecule has 4 nitrogen and oxygen atoms in total. The van der Waals surface area contributed by atoms with Crippen LogP contribution in [0.3, 0.4) is 0 Å². The van der Waals surface area contributed by atoms with E-state index in [1.165, 1.54) is 0 Å². The number of hydrogen-bond acceptors (Lipinski definition) is 4. The Balaban J connectivity index is 1.77. The minimum atomic E-state index is -0.310. The Bertz CT molecular complexity index is 295. The lowest BCUT2D eigenvalue weighted by Gasteiger charge is -2.29. The number of hydrogen-bond donors (Lipinski definition) is 0. The molecule has 2 bridgehead atoms. The maximum absolute atomic E-state index is 11.7. The molecule has 84 valence electrons. The van der Waals surface area contributed by atoms with Crippen molar-refractivity contribution in [1.82, 2.24) is 0 Å². The number of esters is 1. The molecule has 0 N–H and O–H groups in total. The van der Waals surface area contributed by atoms with Crippen molar-refractivity contribution in [2.45, 2.75) is 37.6 Å². The molecule has 1 spiro atoms. The van der Waals surface area contributed by atoms with Gasteiger partial charge in [0.2, 0.25) is 0 Å². The molecule has 0 saturated carbocycles. The fourth-order valence-corrected chi connectivity index (χ4v) is 3.61. The van der Waals surface area contributed by atoms with Gasteiger partial charge in [-0.3, -0.25) is 4.79 Å². The second kappa shape index (κ2) is 3.30. The summed E-state index contributed by atoms with van der Waals surface area (Å²) in [5, 5.41) is 0. The number of ether oxygens (including phenoxy) is 3. The van der Waals surface area contributed by atoms with Crippen LogP contribution in [0.4, 0.5) is 0 Å². The van der Waals surface area contributed by atoms with Crippen molar-refractivity contribution in [3.8, 4) is 0 Å². The smallest absolute Gasteiger partial charge is 0.314 e. The number of carbonyl (C=O) groups excluding carboxylic acids is 1. The summed E-state index contributed by atoms with van der Waals surface area (Å²) in [5.74, 6) is -0.0423. The molecule has 0 aromatic rings. The maximum Gasteiger partial charge on any atom is 0.314 e. The fourth-order valence-electron chi connectivity index (χ4n) is 3.18. The highest BCUT2D eigenvalue weighted by molar-refractivity contribution is 6.08. The molecule has 0 amide bonds. The Morgan fingerprint density at radius 2 is 2.47 bits per heavy atom. The van der Waals surface area contributed by atoms with Crippen LogP contribution in [0.25, 0.3) is 0 Å². The van der Waals surface area contributed by atoms with Crippen molar-refractivity contribution < 1.29 is 19.0 Å². The first kappa shape index (κ1) is 9.81. The highest BCUT2D eigenvalue weighted by Gasteiger charge is 2.63. The van der Waals surface area contributed by atoms with Crippen LogP contribution in [-0.4, -0.2) is 47.4 Å². The summed E-state index contributed by atoms with van der Waals surface area (Å²) in [4.78, 5) is 11.7. The van der Waals surface area contributed by atoms with Crippen molar-refractivity contribution in [2.75, 3.05) is 12.8 Å². The predicted octanol–water partition coefficient (Wildman–Crippen LogP) is -0.811. The van der Waals surface area contributed by atoms with Crippen molar-refractivity contribution in [3.63, 3.8) is 0 Å². The molecular weight excluding hydrogens is 212 g/mol. The van der Waals surface area contributed by atoms with Crippen LogP contribution in [0, 0.1) is 5.41 Å². The van der Waals surface area contributed by atoms with Gasteiger partial charge in [0.15, 0.2) is 0 Å². The summed E-state index contributed by atoms with van der Waals surface area (Å²) in [7, 11) is 1.06. The lowest BCUT2D eigenvalue weighted by atomic mass is 9.72. The Morgan fingerprint density at radius 3 is 3.00 bits per heavy atom. The van der Waals surface area contributed by atoms with Crippen LogP contribution in [0.1, 0.15) is 19.3 Å². The molecule has 4 unspecified atom stereocenters. The number of fused-ring (bicyclic) bond motifs is 3. The summed E-state index contributed by atoms with van der Waals surface area (Å²) in [6, 6.07) is 0. The van der Waals surface area contributed by atoms with Gasteiger partial charge in [0.25, 0.3) is 0 Å². The van der Waals surface area contributed by atoms with Crippen molar-refractivity contribution in [1.29, 1.82) is 0 Å². The molecule has 0 aromatic carbocycles. The topological polar surface area (TPSA) is 44.8 Å². The molecule has 3 rings (SSSR count). The Kier molecular flexibility index (Phi) is 2.16. The highest BCUT2D eigenvalue weighted by Crippen LogP contribution is 2.53. The second-order valence-corrected chi connectivity index (χ2v) is 5.22. The Hall–Kier alpha value is -0.393. The first-order chi connectivity index (χ1) is 7.26. The first-order valence-electron chi connectivity index (χ1n) is 5.70. The van der Waals surface area contributed by atoms with E-state index in [9.17, 15) is 4.79 Å². The first-order valence-corrected chi connectivity index (χ1v) is 7.12. The average molecular weight is 228 g/mol. The van der Waals surface area contributed by atoms with Gasteiger partial charge in [-0.05, 0) is 6.42 Å². The van der Waals surface area contributed by atoms with Gasteiger partial charge in [-0.2, -0.15) is 0 Å². The third-order valence-corrected chi connectivity index (χ3v) is 4.28. The van der Waals surface area contributed by atoms with Gasteiger partial charge in [-0.25, -0.2) is 0 Å². The largest absolute Gasteiger partial charge is 0.465 e. The van der Waals surface area contributed by atoms with E-state index < -0.39 is 0 Å². The molecule has 5 heteroatoms. The van der Waals surface area contributed by atoms with Crippen LogP contribution in [0.15, 0.2) is 0 Å². The van der Waals surface area contributed by atoms with Crippen LogP contribution in [-0.2, 0) is 19.0 Å². The molecule has 3 heterocycles. The molecule has 3 aliphatic rings. The fraction of sp³-hybridized carbons (Fsp3) is 0.900. The Morgan fingerprint density at radius 1 is 1.60 bits per heavy atom. The van der Waals surface area contributed by atoms with E-state index in [4.69, 9.17) is 14.2 Å². The van der Waals surface area contributed by atoms with E-state index in [2.05, 4.69) is 0 Å². The van der Waals surface area contributed by atoms with Gasteiger partial charge in [-0.1, -0.05) is 0 Å². The molecular formula is C10H16O4Si. The van der Waals surface area contributed by atoms with E-state index in [1.54, 1.807) is 0 Å². The molecule has 3 fully saturated rings. The van der Waals surface area contributed by atoms with Crippen molar-refractivity contribution >= 4 is 16.2 Å². The summed E-state index contributed by atoms with van der Waals surface area (Å²) in [6.07, 6.45) is 3.79. The zero-order valence-corrected chi connectivity index (χ0v) is 10.9. The maximum atomic E-state index is 11.7. The van der Waals surface area contributed by atoms with Crippen molar-refractivity contribution in [2.24, 2.45) is 5.41 Å². The SMILES string of the molecule is O=C1OCCC12CC1OC2CC1OC[SiH3]. The molecule has 3 aliphatic heterocycles. The second-order valence-electron chi connectivity index (χ2n) is 4.64. The normalized spacial score (nSPS) is 48.0. The Labute approximate surface area is 91.7 Å². The minimum absolute atomic E-state index is 0.0423. The predicted molar refractivity (Wildman–Crippen MR) is 55.6 cm³/mol. The summed E-state index contributed by atoms with van der Waals surface area (Å²) in [6.45, 7) is 0.567. The third kappa shape index (κ3) is 1.23. The van der Waals surface area contributed by atoms with E-state index >= 15 is 0 Å². The van der Waals surface area contributed by atoms with Gasteiger partial charge < -0.3 is 14.2 Å². The molecule has 4 atom stereocenters. The molecule has 3 saturated heterocycles. The standard InChI is InChI=1S/C10H16O4Si/c11-9-10(1-2-12-9)4-7-6(13-5-15)3-8(10)14-7/h6-8H,1-5H2,15H3. The average Bonchev–Trinajstić information content (AvgIpc) is 2.85. The lowest BCUT2D eigenvalue weighted by molar-refractivity contribution is -0.148. The van der Waals surface area contributed by atoms with Crippen molar-refractivity contribution in [3.05, 3.63) is 0 Å². The molecule has 0 radical (unpaired) electrons. The van der Waals surface area contributed by atoms with E-state index in [-0.39, 0.29) is 29.7 Å². The number of carbonyl (C=O) groups is 1. The minimum Gasteiger partial charge on any atom is -0.465 e. The van der Waals surface area contributed by atoms with E-state index in [0.717, 1.165) is 35.7 Å². The quantitative estimate of drug-likeness (QED) is 0.458. The molecule has 0 aromatic heterocycles. The van der Waals surface area contributed by atoms with Gasteiger partial charge in [0.05, 0.1) is 30.3 Å². The zero-order chi connectivity index (χ0) is 10.5. The summed E-state index contributed by atoms with van der Waals surface area (Å²) in [5.41, 5.74) is -0.310. The van der Waals surface area contributed by atoms with Crippen LogP contribution >= 0.6 is 0 Å². The van der Waals surface area contributed by atoms with E-state index in [1.807, 2.05) is 0 Å². The van der Waals surface area contributed by atoms with Gasteiger partial charge in [0.1, 0.15) is 0 Å².